The zero-order valence-corrected chi connectivity index (χ0v) is 22.1. The predicted octanol–water partition coefficient (Wildman–Crippen LogP) is 7.52. The van der Waals surface area contributed by atoms with Gasteiger partial charge in [0.2, 0.25) is 0 Å². The summed E-state index contributed by atoms with van der Waals surface area (Å²) in [6.07, 6.45) is 21.0. The molecule has 0 aromatic heterocycles. The molecule has 0 aromatic carbocycles. The van der Waals surface area contributed by atoms with Crippen molar-refractivity contribution in [3.05, 3.63) is 0 Å². The molecule has 0 saturated carbocycles. The largest absolute Gasteiger partial charge is 0.465 e. The summed E-state index contributed by atoms with van der Waals surface area (Å²) in [6.45, 7) is 10.9. The Morgan fingerprint density at radius 2 is 1.19 bits per heavy atom. The molecule has 0 aliphatic heterocycles. The Balaban J connectivity index is 4.12. The Kier molecular flexibility index (Phi) is 24.5. The molecule has 0 unspecified atom stereocenters. The molecule has 0 rings (SSSR count). The van der Waals surface area contributed by atoms with E-state index in [1.54, 1.807) is 0 Å². The molecule has 0 amide bonds. The third-order valence-corrected chi connectivity index (χ3v) is 6.48. The summed E-state index contributed by atoms with van der Waals surface area (Å²) in [5.41, 5.74) is 0. The molecule has 4 nitrogen and oxygen atoms in total. The van der Waals surface area contributed by atoms with Crippen molar-refractivity contribution in [1.29, 1.82) is 0 Å². The first-order valence-corrected chi connectivity index (χ1v) is 14.2. The highest BCUT2D eigenvalue weighted by Crippen LogP contribution is 2.19. The van der Waals surface area contributed by atoms with Crippen molar-refractivity contribution in [2.24, 2.45) is 5.92 Å². The molecular weight excluding hydrogens is 398 g/mol. The lowest BCUT2D eigenvalue weighted by molar-refractivity contribution is -0.145. The lowest BCUT2D eigenvalue weighted by Gasteiger charge is -2.22. The van der Waals surface area contributed by atoms with Gasteiger partial charge in [0, 0.05) is 13.0 Å². The molecule has 0 bridgehead atoms. The molecule has 0 aliphatic rings. The second-order valence-electron chi connectivity index (χ2n) is 9.68. The molecule has 192 valence electrons. The minimum Gasteiger partial charge on any atom is -0.465 e. The van der Waals surface area contributed by atoms with E-state index in [2.05, 4.69) is 25.7 Å². The minimum absolute atomic E-state index is 0.00469. The molecule has 0 heterocycles. The number of nitrogens with zero attached hydrogens (tertiary/aromatic N) is 1. The zero-order chi connectivity index (χ0) is 23.7. The molecule has 32 heavy (non-hydrogen) atoms. The van der Waals surface area contributed by atoms with Gasteiger partial charge in [-0.3, -0.25) is 4.79 Å². The van der Waals surface area contributed by atoms with Crippen LogP contribution < -0.4 is 0 Å². The van der Waals surface area contributed by atoms with E-state index in [-0.39, 0.29) is 12.6 Å². The summed E-state index contributed by atoms with van der Waals surface area (Å²) in [7, 11) is 0. The first-order chi connectivity index (χ1) is 15.7. The Hall–Kier alpha value is -0.610. The van der Waals surface area contributed by atoms with Crippen molar-refractivity contribution >= 4 is 5.97 Å². The maximum atomic E-state index is 12.3. The summed E-state index contributed by atoms with van der Waals surface area (Å²) in [4.78, 5) is 14.8. The normalized spacial score (nSPS) is 11.6. The fourth-order valence-electron chi connectivity index (χ4n) is 4.29. The molecule has 0 radical (unpaired) electrons. The number of carbonyl (C=O) groups excluding carboxylic acids is 1. The van der Waals surface area contributed by atoms with Crippen LogP contribution in [0.25, 0.3) is 0 Å². The van der Waals surface area contributed by atoms with Crippen LogP contribution in [-0.4, -0.2) is 48.8 Å². The second kappa shape index (κ2) is 25.0. The van der Waals surface area contributed by atoms with Crippen molar-refractivity contribution in [2.75, 3.05) is 32.8 Å². The van der Waals surface area contributed by atoms with E-state index in [1.807, 2.05) is 0 Å². The number of rotatable bonds is 25. The third kappa shape index (κ3) is 21.2. The fraction of sp³-hybridized carbons (Fsp3) is 0.964. The average molecular weight is 456 g/mol. The summed E-state index contributed by atoms with van der Waals surface area (Å²) < 4.78 is 5.70. The van der Waals surface area contributed by atoms with Crippen molar-refractivity contribution in [1.82, 2.24) is 4.90 Å². The molecular formula is C28H57NO3. The van der Waals surface area contributed by atoms with Gasteiger partial charge < -0.3 is 14.7 Å². The SMILES string of the molecule is CCCCCCC(CCCCCC)COC(=O)CCCCN(CCCCC)CCCCO. The zero-order valence-electron chi connectivity index (χ0n) is 22.1. The number of esters is 1. The highest BCUT2D eigenvalue weighted by atomic mass is 16.5. The monoisotopic (exact) mass is 455 g/mol. The summed E-state index contributed by atoms with van der Waals surface area (Å²) in [6, 6.07) is 0. The summed E-state index contributed by atoms with van der Waals surface area (Å²) >= 11 is 0. The van der Waals surface area contributed by atoms with Crippen LogP contribution in [0.4, 0.5) is 0 Å². The molecule has 0 atom stereocenters. The molecule has 0 aromatic rings. The fourth-order valence-corrected chi connectivity index (χ4v) is 4.29. The number of aliphatic hydroxyl groups is 1. The number of hydrogen-bond donors (Lipinski definition) is 1. The maximum absolute atomic E-state index is 12.3. The topological polar surface area (TPSA) is 49.8 Å². The lowest BCUT2D eigenvalue weighted by Crippen LogP contribution is -2.27. The first kappa shape index (κ1) is 31.4. The number of ether oxygens (including phenoxy) is 1. The Morgan fingerprint density at radius 1 is 0.688 bits per heavy atom. The van der Waals surface area contributed by atoms with E-state index in [9.17, 15) is 4.79 Å². The van der Waals surface area contributed by atoms with E-state index < -0.39 is 0 Å². The molecule has 1 N–H and O–H groups in total. The highest BCUT2D eigenvalue weighted by Gasteiger charge is 2.12. The molecule has 0 fully saturated rings. The van der Waals surface area contributed by atoms with Crippen molar-refractivity contribution in [2.45, 2.75) is 136 Å². The predicted molar refractivity (Wildman–Crippen MR) is 138 cm³/mol. The third-order valence-electron chi connectivity index (χ3n) is 6.48. The molecule has 0 aliphatic carbocycles. The van der Waals surface area contributed by atoms with Gasteiger partial charge >= 0.3 is 5.97 Å². The number of carbonyl (C=O) groups is 1. The first-order valence-electron chi connectivity index (χ1n) is 14.2. The van der Waals surface area contributed by atoms with Gasteiger partial charge in [0.25, 0.3) is 0 Å². The average Bonchev–Trinajstić information content (AvgIpc) is 2.79. The number of aliphatic hydroxyl groups excluding tert-OH is 1. The van der Waals surface area contributed by atoms with Gasteiger partial charge in [0.05, 0.1) is 6.61 Å². The van der Waals surface area contributed by atoms with Crippen molar-refractivity contribution in [3.8, 4) is 0 Å². The molecule has 4 heteroatoms. The van der Waals surface area contributed by atoms with Crippen LogP contribution in [0, 0.1) is 5.92 Å². The Bertz CT molecular complexity index is 367. The van der Waals surface area contributed by atoms with Crippen LogP contribution in [0.5, 0.6) is 0 Å². The van der Waals surface area contributed by atoms with Crippen LogP contribution in [0.2, 0.25) is 0 Å². The number of hydrogen-bond acceptors (Lipinski definition) is 4. The highest BCUT2D eigenvalue weighted by molar-refractivity contribution is 5.69. The lowest BCUT2D eigenvalue weighted by atomic mass is 9.95. The Morgan fingerprint density at radius 3 is 1.72 bits per heavy atom. The van der Waals surface area contributed by atoms with Gasteiger partial charge in [0.15, 0.2) is 0 Å². The van der Waals surface area contributed by atoms with E-state index in [1.165, 1.54) is 83.5 Å². The minimum atomic E-state index is -0.00469. The smallest absolute Gasteiger partial charge is 0.305 e. The van der Waals surface area contributed by atoms with Crippen molar-refractivity contribution in [3.63, 3.8) is 0 Å². The van der Waals surface area contributed by atoms with Gasteiger partial charge in [-0.1, -0.05) is 85.0 Å². The van der Waals surface area contributed by atoms with Gasteiger partial charge in [-0.05, 0) is 70.5 Å². The summed E-state index contributed by atoms with van der Waals surface area (Å²) in [5.74, 6) is 0.545. The van der Waals surface area contributed by atoms with Gasteiger partial charge in [-0.15, -0.1) is 0 Å². The summed E-state index contributed by atoms with van der Waals surface area (Å²) in [5, 5.41) is 9.03. The van der Waals surface area contributed by atoms with Crippen LogP contribution in [0.3, 0.4) is 0 Å². The van der Waals surface area contributed by atoms with E-state index in [0.29, 0.717) is 18.9 Å². The second-order valence-corrected chi connectivity index (χ2v) is 9.68. The maximum Gasteiger partial charge on any atom is 0.305 e. The quantitative estimate of drug-likeness (QED) is 0.114. The van der Waals surface area contributed by atoms with Crippen LogP contribution in [0.1, 0.15) is 136 Å². The van der Waals surface area contributed by atoms with Crippen LogP contribution >= 0.6 is 0 Å². The van der Waals surface area contributed by atoms with E-state index in [4.69, 9.17) is 9.84 Å². The molecule has 0 saturated heterocycles. The molecule has 0 spiro atoms. The number of unbranched alkanes of at least 4 members (excludes halogenated alkanes) is 10. The van der Waals surface area contributed by atoms with Crippen molar-refractivity contribution < 1.29 is 14.6 Å². The van der Waals surface area contributed by atoms with Crippen LogP contribution in [0.15, 0.2) is 0 Å². The van der Waals surface area contributed by atoms with E-state index >= 15 is 0 Å². The van der Waals surface area contributed by atoms with Gasteiger partial charge in [-0.2, -0.15) is 0 Å². The van der Waals surface area contributed by atoms with E-state index in [0.717, 1.165) is 45.3 Å². The van der Waals surface area contributed by atoms with Crippen LogP contribution in [-0.2, 0) is 9.53 Å². The standard InChI is InChI=1S/C28H57NO3/c1-4-7-10-12-19-27(20-13-11-8-5-2)26-32-28(31)21-14-16-23-29(22-15-9-6-3)24-17-18-25-30/h27,30H,4-26H2,1-3H3. The van der Waals surface area contributed by atoms with Gasteiger partial charge in [-0.25, -0.2) is 0 Å². The Labute approximate surface area is 200 Å². The van der Waals surface area contributed by atoms with Gasteiger partial charge in [0.1, 0.15) is 0 Å².